The number of hydrogen-bond acceptors (Lipinski definition) is 2. The Morgan fingerprint density at radius 2 is 1.07 bits per heavy atom. The van der Waals surface area contributed by atoms with Crippen molar-refractivity contribution in [1.29, 1.82) is 0 Å². The van der Waals surface area contributed by atoms with Crippen LogP contribution in [-0.2, 0) is 0 Å². The van der Waals surface area contributed by atoms with Crippen LogP contribution in [0.3, 0.4) is 0 Å². The highest BCUT2D eigenvalue weighted by Gasteiger charge is 2.53. The Balaban J connectivity index is 2.61. The second kappa shape index (κ2) is 8.75. The van der Waals surface area contributed by atoms with Crippen LogP contribution in [0.2, 0.25) is 0 Å². The molecule has 0 saturated heterocycles. The molecule has 0 saturated carbocycles. The summed E-state index contributed by atoms with van der Waals surface area (Å²) in [6.07, 6.45) is -10.1. The summed E-state index contributed by atoms with van der Waals surface area (Å²) < 4.78 is 83.3. The van der Waals surface area contributed by atoms with E-state index >= 15 is 0 Å². The zero-order chi connectivity index (χ0) is 20.1. The molecule has 148 valence electrons. The van der Waals surface area contributed by atoms with Gasteiger partial charge >= 0.3 is 12.4 Å². The van der Waals surface area contributed by atoms with E-state index in [4.69, 9.17) is 5.11 Å². The molecule has 0 spiro atoms. The van der Waals surface area contributed by atoms with E-state index in [1.54, 1.807) is 0 Å². The van der Waals surface area contributed by atoms with Crippen LogP contribution in [0.1, 0.15) is 29.6 Å². The van der Waals surface area contributed by atoms with Crippen molar-refractivity contribution in [2.24, 2.45) is 0 Å². The average molecular weight is 391 g/mol. The number of rotatable bonds is 7. The molecule has 0 amide bonds. The van der Waals surface area contributed by atoms with Crippen molar-refractivity contribution >= 4 is 0 Å². The minimum Gasteiger partial charge on any atom is -0.396 e. The summed E-state index contributed by atoms with van der Waals surface area (Å²) in [5.74, 6) is 0. The van der Waals surface area contributed by atoms with Crippen LogP contribution in [0, 0.1) is 0 Å². The molecular formula is C19H19F6NO. The highest BCUT2D eigenvalue weighted by molar-refractivity contribution is 5.25. The number of halogens is 6. The van der Waals surface area contributed by atoms with Crippen LogP contribution in [0.15, 0.2) is 60.7 Å². The highest BCUT2D eigenvalue weighted by Crippen LogP contribution is 2.47. The maximum atomic E-state index is 13.9. The number of alkyl halides is 6. The summed E-state index contributed by atoms with van der Waals surface area (Å²) in [6, 6.07) is 8.09. The SMILES string of the molecule is OCCCN(C(c1ccccc1)C(F)(F)F)C(c1ccccc1)C(F)(F)F. The molecule has 0 aliphatic rings. The van der Waals surface area contributed by atoms with Gasteiger partial charge in [0.15, 0.2) is 0 Å². The minimum absolute atomic E-state index is 0.223. The first-order valence-electron chi connectivity index (χ1n) is 8.26. The van der Waals surface area contributed by atoms with E-state index in [1.165, 1.54) is 36.4 Å². The molecule has 27 heavy (non-hydrogen) atoms. The van der Waals surface area contributed by atoms with Gasteiger partial charge < -0.3 is 5.11 Å². The summed E-state index contributed by atoms with van der Waals surface area (Å²) in [4.78, 5) is 0.376. The van der Waals surface area contributed by atoms with E-state index in [0.717, 1.165) is 24.3 Å². The quantitative estimate of drug-likeness (QED) is 0.650. The van der Waals surface area contributed by atoms with Gasteiger partial charge in [-0.05, 0) is 17.5 Å². The summed E-state index contributed by atoms with van der Waals surface area (Å²) in [5.41, 5.74) is -0.568. The fourth-order valence-electron chi connectivity index (χ4n) is 3.07. The molecule has 2 unspecified atom stereocenters. The molecule has 2 atom stereocenters. The number of nitrogens with zero attached hydrogens (tertiary/aromatic N) is 1. The topological polar surface area (TPSA) is 23.5 Å². The van der Waals surface area contributed by atoms with Gasteiger partial charge in [-0.15, -0.1) is 0 Å². The van der Waals surface area contributed by atoms with Gasteiger partial charge in [-0.2, -0.15) is 26.3 Å². The number of aliphatic hydroxyl groups excluding tert-OH is 1. The predicted octanol–water partition coefficient (Wildman–Crippen LogP) is 5.28. The Kier molecular flexibility index (Phi) is 6.89. The molecule has 0 heterocycles. The van der Waals surface area contributed by atoms with E-state index in [0.29, 0.717) is 4.90 Å². The van der Waals surface area contributed by atoms with Gasteiger partial charge in [0.1, 0.15) is 12.1 Å². The lowest BCUT2D eigenvalue weighted by Crippen LogP contribution is -2.46. The number of benzene rings is 2. The second-order valence-electron chi connectivity index (χ2n) is 6.02. The van der Waals surface area contributed by atoms with Crippen LogP contribution in [0.4, 0.5) is 26.3 Å². The average Bonchev–Trinajstić information content (AvgIpc) is 2.59. The first kappa shape index (κ1) is 21.2. The predicted molar refractivity (Wildman–Crippen MR) is 88.9 cm³/mol. The molecule has 2 nitrogen and oxygen atoms in total. The van der Waals surface area contributed by atoms with Gasteiger partial charge in [0.2, 0.25) is 0 Å². The fraction of sp³-hybridized carbons (Fsp3) is 0.368. The lowest BCUT2D eigenvalue weighted by Gasteiger charge is -2.40. The Morgan fingerprint density at radius 3 is 1.37 bits per heavy atom. The first-order valence-corrected chi connectivity index (χ1v) is 8.26. The molecular weight excluding hydrogens is 372 g/mol. The number of hydrogen-bond donors (Lipinski definition) is 1. The zero-order valence-corrected chi connectivity index (χ0v) is 14.2. The third kappa shape index (κ3) is 5.46. The van der Waals surface area contributed by atoms with Crippen molar-refractivity contribution in [3.63, 3.8) is 0 Å². The molecule has 1 N–H and O–H groups in total. The van der Waals surface area contributed by atoms with E-state index < -0.39 is 37.6 Å². The maximum absolute atomic E-state index is 13.9. The molecule has 2 aromatic carbocycles. The monoisotopic (exact) mass is 391 g/mol. The van der Waals surface area contributed by atoms with E-state index in [9.17, 15) is 26.3 Å². The molecule has 0 aliphatic carbocycles. The Labute approximate surface area is 153 Å². The third-order valence-corrected chi connectivity index (χ3v) is 4.09. The largest absolute Gasteiger partial charge is 0.408 e. The smallest absolute Gasteiger partial charge is 0.396 e. The molecule has 0 bridgehead atoms. The standard InChI is InChI=1S/C19H19F6NO/c20-18(21,22)16(14-8-3-1-4-9-14)26(12-7-13-27)17(19(23,24)25)15-10-5-2-6-11-15/h1-6,8-11,16-17,27H,7,12-13H2. The normalized spacial score (nSPS) is 15.0. The van der Waals surface area contributed by atoms with Gasteiger partial charge in [0.05, 0.1) is 0 Å². The van der Waals surface area contributed by atoms with Crippen LogP contribution < -0.4 is 0 Å². The van der Waals surface area contributed by atoms with Crippen molar-refractivity contribution in [3.8, 4) is 0 Å². The minimum atomic E-state index is -4.94. The highest BCUT2D eigenvalue weighted by atomic mass is 19.4. The van der Waals surface area contributed by atoms with Crippen LogP contribution in [0.25, 0.3) is 0 Å². The lowest BCUT2D eigenvalue weighted by atomic mass is 9.97. The van der Waals surface area contributed by atoms with Gasteiger partial charge in [0.25, 0.3) is 0 Å². The fourth-order valence-corrected chi connectivity index (χ4v) is 3.07. The Bertz CT molecular complexity index is 629. The summed E-state index contributed by atoms with van der Waals surface area (Å²) in [7, 11) is 0. The third-order valence-electron chi connectivity index (χ3n) is 4.09. The molecule has 8 heteroatoms. The van der Waals surface area contributed by atoms with Crippen molar-refractivity contribution in [1.82, 2.24) is 4.90 Å². The van der Waals surface area contributed by atoms with Crippen molar-refractivity contribution < 1.29 is 31.4 Å². The van der Waals surface area contributed by atoms with E-state index in [2.05, 4.69) is 0 Å². The maximum Gasteiger partial charge on any atom is 0.408 e. The van der Waals surface area contributed by atoms with Gasteiger partial charge in [-0.25, -0.2) is 0 Å². The number of aliphatic hydroxyl groups is 1. The van der Waals surface area contributed by atoms with Crippen LogP contribution in [0.5, 0.6) is 0 Å². The Morgan fingerprint density at radius 1 is 0.704 bits per heavy atom. The van der Waals surface area contributed by atoms with Crippen LogP contribution in [-0.4, -0.2) is 35.5 Å². The van der Waals surface area contributed by atoms with Gasteiger partial charge in [-0.1, -0.05) is 60.7 Å². The van der Waals surface area contributed by atoms with E-state index in [-0.39, 0.29) is 17.5 Å². The van der Waals surface area contributed by atoms with Crippen molar-refractivity contribution in [2.45, 2.75) is 30.9 Å². The summed E-state index contributed by atoms with van der Waals surface area (Å²) >= 11 is 0. The lowest BCUT2D eigenvalue weighted by molar-refractivity contribution is -0.238. The molecule has 2 aromatic rings. The molecule has 0 aliphatic heterocycles. The molecule has 0 fully saturated rings. The molecule has 2 rings (SSSR count). The Hall–Kier alpha value is -2.06. The van der Waals surface area contributed by atoms with Gasteiger partial charge in [0, 0.05) is 13.2 Å². The zero-order valence-electron chi connectivity index (χ0n) is 14.2. The van der Waals surface area contributed by atoms with Crippen LogP contribution >= 0.6 is 0 Å². The molecule has 0 aromatic heterocycles. The van der Waals surface area contributed by atoms with Crippen molar-refractivity contribution in [3.05, 3.63) is 71.8 Å². The first-order chi connectivity index (χ1) is 12.7. The summed E-state index contributed by atoms with van der Waals surface area (Å²) in [5, 5.41) is 9.04. The second-order valence-corrected chi connectivity index (χ2v) is 6.02. The van der Waals surface area contributed by atoms with Crippen molar-refractivity contribution in [2.75, 3.05) is 13.2 Å². The molecule has 0 radical (unpaired) electrons. The summed E-state index contributed by atoms with van der Waals surface area (Å²) in [6.45, 7) is -1.09. The van der Waals surface area contributed by atoms with Gasteiger partial charge in [-0.3, -0.25) is 4.90 Å². The van der Waals surface area contributed by atoms with E-state index in [1.807, 2.05) is 0 Å².